The average Bonchev–Trinajstić information content (AvgIpc) is 1.00. The largest absolute Gasteiger partial charge is 0 e. The standard InChI is InChI=1S/ClH.Hg.2Na/h1H;;;/q;+1;;/p-1. The zero-order chi connectivity index (χ0) is 2.00. The van der Waals surface area contributed by atoms with Gasteiger partial charge < -0.3 is 0 Å². The Morgan fingerprint density at radius 3 is 1.00 bits per heavy atom. The van der Waals surface area contributed by atoms with Gasteiger partial charge in [0.1, 0.15) is 0 Å². The summed E-state index contributed by atoms with van der Waals surface area (Å²) in [6.45, 7) is 0. The van der Waals surface area contributed by atoms with E-state index in [9.17, 15) is 0 Å². The second-order valence-electron chi connectivity index (χ2n) is 0. The minimum Gasteiger partial charge on any atom is 0 e. The number of hydrogen-bond acceptors (Lipinski definition) is 0. The molecule has 0 saturated heterocycles. The summed E-state index contributed by atoms with van der Waals surface area (Å²) < 4.78 is 0. The molecule has 0 aliphatic rings. The van der Waals surface area contributed by atoms with Gasteiger partial charge in [0, 0.05) is 59.1 Å². The van der Waals surface area contributed by atoms with E-state index in [1.54, 1.807) is 0 Å². The zero-order valence-corrected chi connectivity index (χ0v) is 13.3. The first-order chi connectivity index (χ1) is 1.00. The maximum Gasteiger partial charge on any atom is 0 e. The monoisotopic (exact) mass is 283 g/mol. The topological polar surface area (TPSA) is 0 Å². The van der Waals surface area contributed by atoms with Crippen molar-refractivity contribution in [2.45, 2.75) is 0 Å². The molecular weight excluding hydrogens is 282 g/mol. The van der Waals surface area contributed by atoms with Crippen LogP contribution in [0, 0.1) is 0 Å². The molecule has 0 aromatic carbocycles. The Morgan fingerprint density at radius 2 is 1.00 bits per heavy atom. The van der Waals surface area contributed by atoms with Crippen LogP contribution in [0.5, 0.6) is 0 Å². The van der Waals surface area contributed by atoms with Gasteiger partial charge in [0.15, 0.2) is 0 Å². The molecule has 0 amide bonds. The molecule has 0 fully saturated rings. The van der Waals surface area contributed by atoms with Crippen LogP contribution in [-0.2, 0) is 24.9 Å². The third-order valence-electron chi connectivity index (χ3n) is 0. The molecule has 0 spiro atoms. The van der Waals surface area contributed by atoms with E-state index >= 15 is 0 Å². The summed E-state index contributed by atoms with van der Waals surface area (Å²) in [6.07, 6.45) is 0. The summed E-state index contributed by atoms with van der Waals surface area (Å²) in [4.78, 5) is 0. The van der Waals surface area contributed by atoms with Crippen molar-refractivity contribution in [1.82, 2.24) is 0 Å². The van der Waals surface area contributed by atoms with Crippen molar-refractivity contribution in [3.8, 4) is 0 Å². The van der Waals surface area contributed by atoms with Crippen LogP contribution in [0.25, 0.3) is 0 Å². The Morgan fingerprint density at radius 1 is 1.00 bits per heavy atom. The first-order valence-corrected chi connectivity index (χ1v) is 7.04. The summed E-state index contributed by atoms with van der Waals surface area (Å²) in [5, 5.41) is 0. The molecule has 11 valence electrons. The van der Waals surface area contributed by atoms with E-state index in [-0.39, 0.29) is 59.1 Å². The van der Waals surface area contributed by atoms with E-state index in [0.717, 1.165) is 0 Å². The molecule has 4 heteroatoms. The van der Waals surface area contributed by atoms with Crippen LogP contribution in [0.4, 0.5) is 0 Å². The minimum absolute atomic E-state index is 0. The second kappa shape index (κ2) is 16.3. The first-order valence-electron chi connectivity index (χ1n) is 0.267. The van der Waals surface area contributed by atoms with Gasteiger partial charge in [0.05, 0.1) is 0 Å². The molecule has 2 radical (unpaired) electrons. The predicted molar refractivity (Wildman–Crippen MR) is 17.4 cm³/mol. The van der Waals surface area contributed by atoms with E-state index in [1.165, 1.54) is 0 Å². The predicted octanol–water partition coefficient (Wildman–Crippen LogP) is -0.0746. The van der Waals surface area contributed by atoms with Gasteiger partial charge in [-0.15, -0.1) is 0 Å². The van der Waals surface area contributed by atoms with Gasteiger partial charge in [0.25, 0.3) is 0 Å². The maximum absolute atomic E-state index is 4.83. The molecule has 0 unspecified atom stereocenters. The molecule has 0 atom stereocenters. The van der Waals surface area contributed by atoms with Crippen molar-refractivity contribution in [3.05, 3.63) is 0 Å². The van der Waals surface area contributed by atoms with Gasteiger partial charge in [-0.2, -0.15) is 0 Å². The molecule has 0 aliphatic carbocycles. The van der Waals surface area contributed by atoms with Crippen LogP contribution >= 0.6 is 8.25 Å². The minimum atomic E-state index is 0. The van der Waals surface area contributed by atoms with Crippen molar-refractivity contribution in [1.29, 1.82) is 0 Å². The maximum atomic E-state index is 4.83. The fraction of sp³-hybridized carbons (Fsp3) is 0. The summed E-state index contributed by atoms with van der Waals surface area (Å²) >= 11 is 0.500. The van der Waals surface area contributed by atoms with Gasteiger partial charge in [-0.05, 0) is 0 Å². The fourth-order valence-corrected chi connectivity index (χ4v) is 0. The van der Waals surface area contributed by atoms with Crippen LogP contribution in [0.15, 0.2) is 0 Å². The van der Waals surface area contributed by atoms with Crippen LogP contribution in [0.2, 0.25) is 0 Å². The van der Waals surface area contributed by atoms with Crippen LogP contribution < -0.4 is 0 Å². The number of hydrogen-bond donors (Lipinski definition) is 0. The molecule has 0 nitrogen and oxygen atoms in total. The molecule has 0 heterocycles. The molecular formula is ClHgNa2. The molecule has 4 heavy (non-hydrogen) atoms. The second-order valence-corrected chi connectivity index (χ2v) is 0. The van der Waals surface area contributed by atoms with Gasteiger partial charge in [-0.1, -0.05) is 0 Å². The van der Waals surface area contributed by atoms with Crippen molar-refractivity contribution in [2.75, 3.05) is 0 Å². The van der Waals surface area contributed by atoms with E-state index < -0.39 is 0 Å². The SMILES string of the molecule is [Cl][Hg].[Na].[Na]. The van der Waals surface area contributed by atoms with E-state index in [2.05, 4.69) is 0 Å². The Bertz CT molecular complexity index is 6.00. The number of halogens is 1. The van der Waals surface area contributed by atoms with Gasteiger partial charge in [0.2, 0.25) is 0 Å². The van der Waals surface area contributed by atoms with Gasteiger partial charge in [-0.25, -0.2) is 0 Å². The van der Waals surface area contributed by atoms with Crippen LogP contribution in [0.1, 0.15) is 0 Å². The van der Waals surface area contributed by atoms with E-state index in [0.29, 0.717) is 24.9 Å². The summed E-state index contributed by atoms with van der Waals surface area (Å²) in [5.41, 5.74) is 0. The van der Waals surface area contributed by atoms with Crippen molar-refractivity contribution in [2.24, 2.45) is 0 Å². The van der Waals surface area contributed by atoms with Crippen LogP contribution in [-0.4, -0.2) is 59.1 Å². The molecule has 0 aromatic heterocycles. The molecule has 0 N–H and O–H groups in total. The molecule has 0 aromatic rings. The smallest absolute Gasteiger partial charge is 0 e. The first kappa shape index (κ1) is 15.7. The van der Waals surface area contributed by atoms with E-state index in [1.807, 2.05) is 0 Å². The van der Waals surface area contributed by atoms with Crippen molar-refractivity contribution < 1.29 is 24.9 Å². The summed E-state index contributed by atoms with van der Waals surface area (Å²) in [7, 11) is 4.83. The Hall–Kier alpha value is 3.23. The normalized spacial score (nSPS) is 1.75. The summed E-state index contributed by atoms with van der Waals surface area (Å²) in [5.74, 6) is 0. The molecule has 0 aliphatic heterocycles. The van der Waals surface area contributed by atoms with Gasteiger partial charge >= 0.3 is 33.1 Å². The quantitative estimate of drug-likeness (QED) is 0.545. The molecule has 0 rings (SSSR count). The molecule has 0 saturated carbocycles. The van der Waals surface area contributed by atoms with Crippen LogP contribution in [0.3, 0.4) is 0 Å². The van der Waals surface area contributed by atoms with Crippen molar-refractivity contribution in [3.63, 3.8) is 0 Å². The Balaban J connectivity index is -0.00000000500. The van der Waals surface area contributed by atoms with E-state index in [4.69, 9.17) is 8.25 Å². The third kappa shape index (κ3) is 8.97. The zero-order valence-electron chi connectivity index (χ0n) is 3.09. The fourth-order valence-electron chi connectivity index (χ4n) is 0. The molecule has 0 bridgehead atoms. The average molecular weight is 282 g/mol. The Labute approximate surface area is 90.0 Å². The Kier molecular flexibility index (Phi) is 64.1. The van der Waals surface area contributed by atoms with Crippen molar-refractivity contribution >= 4 is 67.4 Å². The number of rotatable bonds is 0. The summed E-state index contributed by atoms with van der Waals surface area (Å²) in [6, 6.07) is 0. The van der Waals surface area contributed by atoms with Gasteiger partial charge in [-0.3, -0.25) is 0 Å². The third-order valence-corrected chi connectivity index (χ3v) is 0.